The van der Waals surface area contributed by atoms with E-state index in [9.17, 15) is 4.79 Å². The highest BCUT2D eigenvalue weighted by molar-refractivity contribution is 9.10. The summed E-state index contributed by atoms with van der Waals surface area (Å²) in [6.07, 6.45) is 0.922. The molecule has 1 aliphatic rings. The second kappa shape index (κ2) is 3.91. The molecule has 0 atom stereocenters. The summed E-state index contributed by atoms with van der Waals surface area (Å²) >= 11 is 8.93. The highest BCUT2D eigenvalue weighted by atomic mass is 79.9. The van der Waals surface area contributed by atoms with Crippen molar-refractivity contribution in [1.29, 1.82) is 0 Å². The molecular weight excluding hydrogens is 265 g/mol. The van der Waals surface area contributed by atoms with Crippen LogP contribution in [0.5, 0.6) is 0 Å². The number of nitrogens with zero attached hydrogens (tertiary/aromatic N) is 1. The van der Waals surface area contributed by atoms with E-state index in [1.165, 1.54) is 5.56 Å². The number of benzene rings is 1. The number of carbonyl (C=O) groups excluding carboxylic acids is 1. The van der Waals surface area contributed by atoms with E-state index >= 15 is 0 Å². The fraction of sp³-hybridized carbons (Fsp3) is 0.300. The summed E-state index contributed by atoms with van der Waals surface area (Å²) in [5.41, 5.74) is 2.21. The average molecular weight is 275 g/mol. The molecule has 0 fully saturated rings. The number of rotatable bonds is 1. The van der Waals surface area contributed by atoms with Crippen LogP contribution in [0.25, 0.3) is 0 Å². The number of carbonyl (C=O) groups is 1. The monoisotopic (exact) mass is 273 g/mol. The summed E-state index contributed by atoms with van der Waals surface area (Å²) < 4.78 is 0.991. The number of halogens is 2. The van der Waals surface area contributed by atoms with Gasteiger partial charge in [0, 0.05) is 16.7 Å². The molecule has 14 heavy (non-hydrogen) atoms. The highest BCUT2D eigenvalue weighted by Gasteiger charge is 2.23. The van der Waals surface area contributed by atoms with Crippen molar-refractivity contribution in [3.8, 4) is 0 Å². The lowest BCUT2D eigenvalue weighted by atomic mass is 10.2. The Bertz CT molecular complexity index is 380. The zero-order valence-corrected chi connectivity index (χ0v) is 9.81. The van der Waals surface area contributed by atoms with Gasteiger partial charge in [-0.15, -0.1) is 11.6 Å². The van der Waals surface area contributed by atoms with Gasteiger partial charge < -0.3 is 4.90 Å². The van der Waals surface area contributed by atoms with Crippen molar-refractivity contribution in [2.24, 2.45) is 0 Å². The molecule has 2 nitrogen and oxygen atoms in total. The molecular formula is C10H9BrClNO. The molecule has 1 aromatic carbocycles. The second-order valence-corrected chi connectivity index (χ2v) is 4.38. The summed E-state index contributed by atoms with van der Waals surface area (Å²) in [7, 11) is 0. The van der Waals surface area contributed by atoms with E-state index < -0.39 is 0 Å². The Hall–Kier alpha value is -0.540. The lowest BCUT2D eigenvalue weighted by Crippen LogP contribution is -2.29. The summed E-state index contributed by atoms with van der Waals surface area (Å²) in [6.45, 7) is 0.747. The van der Waals surface area contributed by atoms with Crippen LogP contribution in [0, 0.1) is 0 Å². The van der Waals surface area contributed by atoms with Gasteiger partial charge in [-0.25, -0.2) is 0 Å². The third-order valence-electron chi connectivity index (χ3n) is 2.36. The molecule has 0 aromatic heterocycles. The number of amides is 1. The van der Waals surface area contributed by atoms with Gasteiger partial charge in [0.2, 0.25) is 5.91 Å². The number of alkyl halides is 1. The highest BCUT2D eigenvalue weighted by Crippen LogP contribution is 2.30. The Morgan fingerprint density at radius 1 is 1.57 bits per heavy atom. The largest absolute Gasteiger partial charge is 0.311 e. The SMILES string of the molecule is O=C(CCl)N1CCc2ccc(Br)cc21. The van der Waals surface area contributed by atoms with Gasteiger partial charge in [-0.2, -0.15) is 0 Å². The maximum Gasteiger partial charge on any atom is 0.241 e. The van der Waals surface area contributed by atoms with E-state index in [0.717, 1.165) is 23.1 Å². The topological polar surface area (TPSA) is 20.3 Å². The molecule has 0 radical (unpaired) electrons. The van der Waals surface area contributed by atoms with Gasteiger partial charge in [0.1, 0.15) is 5.88 Å². The first-order valence-electron chi connectivity index (χ1n) is 4.37. The van der Waals surface area contributed by atoms with E-state index in [4.69, 9.17) is 11.6 Å². The number of anilines is 1. The number of hydrogen-bond acceptors (Lipinski definition) is 1. The third kappa shape index (κ3) is 1.66. The van der Waals surface area contributed by atoms with Crippen molar-refractivity contribution in [3.05, 3.63) is 28.2 Å². The molecule has 74 valence electrons. The molecule has 1 aliphatic heterocycles. The lowest BCUT2D eigenvalue weighted by Gasteiger charge is -2.15. The minimum Gasteiger partial charge on any atom is -0.311 e. The van der Waals surface area contributed by atoms with E-state index in [0.29, 0.717) is 0 Å². The van der Waals surface area contributed by atoms with Gasteiger partial charge in [0.25, 0.3) is 0 Å². The van der Waals surface area contributed by atoms with Crippen LogP contribution >= 0.6 is 27.5 Å². The van der Waals surface area contributed by atoms with E-state index in [2.05, 4.69) is 15.9 Å². The maximum atomic E-state index is 11.5. The molecule has 0 saturated heterocycles. The van der Waals surface area contributed by atoms with Crippen molar-refractivity contribution in [3.63, 3.8) is 0 Å². The minimum atomic E-state index is -0.0245. The van der Waals surface area contributed by atoms with E-state index in [-0.39, 0.29) is 11.8 Å². The lowest BCUT2D eigenvalue weighted by molar-refractivity contribution is -0.116. The molecule has 0 unspecified atom stereocenters. The van der Waals surface area contributed by atoms with Gasteiger partial charge in [-0.1, -0.05) is 22.0 Å². The van der Waals surface area contributed by atoms with Gasteiger partial charge in [0.05, 0.1) is 0 Å². The predicted octanol–water partition coefficient (Wildman–Crippen LogP) is 2.58. The summed E-state index contributed by atoms with van der Waals surface area (Å²) in [5.74, 6) is 0.0231. The van der Waals surface area contributed by atoms with Crippen LogP contribution in [0.1, 0.15) is 5.56 Å². The fourth-order valence-corrected chi connectivity index (χ4v) is 2.18. The van der Waals surface area contributed by atoms with Crippen molar-refractivity contribution in [2.45, 2.75) is 6.42 Å². The molecule has 4 heteroatoms. The number of fused-ring (bicyclic) bond motifs is 1. The normalized spacial score (nSPS) is 14.3. The number of hydrogen-bond donors (Lipinski definition) is 0. The maximum absolute atomic E-state index is 11.5. The Kier molecular flexibility index (Phi) is 2.79. The molecule has 0 saturated carbocycles. The van der Waals surface area contributed by atoms with Crippen molar-refractivity contribution >= 4 is 39.1 Å². The van der Waals surface area contributed by atoms with Crippen LogP contribution in [0.3, 0.4) is 0 Å². The van der Waals surface area contributed by atoms with Crippen LogP contribution in [0.4, 0.5) is 5.69 Å². The Labute approximate surface area is 96.0 Å². The third-order valence-corrected chi connectivity index (χ3v) is 3.08. The van der Waals surface area contributed by atoms with Gasteiger partial charge in [-0.3, -0.25) is 4.79 Å². The smallest absolute Gasteiger partial charge is 0.241 e. The van der Waals surface area contributed by atoms with Crippen LogP contribution in [-0.4, -0.2) is 18.3 Å². The average Bonchev–Trinajstić information content (AvgIpc) is 2.59. The Balaban J connectivity index is 2.38. The first kappa shape index (κ1) is 9.99. The molecule has 0 N–H and O–H groups in total. The summed E-state index contributed by atoms with van der Waals surface area (Å²) in [5, 5.41) is 0. The van der Waals surface area contributed by atoms with E-state index in [1.54, 1.807) is 4.90 Å². The molecule has 1 aromatic rings. The van der Waals surface area contributed by atoms with Crippen LogP contribution in [-0.2, 0) is 11.2 Å². The van der Waals surface area contributed by atoms with Gasteiger partial charge in [-0.05, 0) is 24.1 Å². The van der Waals surface area contributed by atoms with Gasteiger partial charge >= 0.3 is 0 Å². The molecule has 0 bridgehead atoms. The Morgan fingerprint density at radius 2 is 2.36 bits per heavy atom. The summed E-state index contributed by atoms with van der Waals surface area (Å²) in [6, 6.07) is 6.00. The molecule has 1 amide bonds. The van der Waals surface area contributed by atoms with Crippen molar-refractivity contribution < 1.29 is 4.79 Å². The fourth-order valence-electron chi connectivity index (χ4n) is 1.68. The zero-order chi connectivity index (χ0) is 10.1. The first-order chi connectivity index (χ1) is 6.72. The first-order valence-corrected chi connectivity index (χ1v) is 5.70. The molecule has 0 aliphatic carbocycles. The molecule has 2 rings (SSSR count). The van der Waals surface area contributed by atoms with Crippen LogP contribution in [0.2, 0.25) is 0 Å². The van der Waals surface area contributed by atoms with E-state index in [1.807, 2.05) is 18.2 Å². The van der Waals surface area contributed by atoms with Crippen LogP contribution < -0.4 is 4.90 Å². The predicted molar refractivity (Wildman–Crippen MR) is 60.9 cm³/mol. The molecule has 1 heterocycles. The second-order valence-electron chi connectivity index (χ2n) is 3.20. The zero-order valence-electron chi connectivity index (χ0n) is 7.46. The molecule has 0 spiro atoms. The van der Waals surface area contributed by atoms with Crippen LogP contribution in [0.15, 0.2) is 22.7 Å². The standard InChI is InChI=1S/C10H9BrClNO/c11-8-2-1-7-3-4-13(9(7)5-8)10(14)6-12/h1-2,5H,3-4,6H2. The minimum absolute atomic E-state index is 0.0245. The van der Waals surface area contributed by atoms with Gasteiger partial charge in [0.15, 0.2) is 0 Å². The Morgan fingerprint density at radius 3 is 3.07 bits per heavy atom. The van der Waals surface area contributed by atoms with Crippen molar-refractivity contribution in [1.82, 2.24) is 0 Å². The van der Waals surface area contributed by atoms with Crippen molar-refractivity contribution in [2.75, 3.05) is 17.3 Å². The quantitative estimate of drug-likeness (QED) is 0.721. The summed E-state index contributed by atoms with van der Waals surface area (Å²) in [4.78, 5) is 13.2.